The van der Waals surface area contributed by atoms with Crippen LogP contribution in [0.2, 0.25) is 0 Å². The first kappa shape index (κ1) is 12.3. The highest BCUT2D eigenvalue weighted by Crippen LogP contribution is 2.24. The third-order valence-corrected chi connectivity index (χ3v) is 4.03. The highest BCUT2D eigenvalue weighted by atomic mass is 32.1. The second-order valence-corrected chi connectivity index (χ2v) is 5.33. The summed E-state index contributed by atoms with van der Waals surface area (Å²) in [7, 11) is 0. The molecule has 0 aliphatic rings. The molecule has 17 heavy (non-hydrogen) atoms. The molecule has 90 valence electrons. The number of aromatic nitrogens is 1. The van der Waals surface area contributed by atoms with Gasteiger partial charge in [0.2, 0.25) is 0 Å². The quantitative estimate of drug-likeness (QED) is 0.902. The zero-order chi connectivity index (χ0) is 12.4. The van der Waals surface area contributed by atoms with Crippen LogP contribution in [0.1, 0.15) is 33.5 Å². The summed E-state index contributed by atoms with van der Waals surface area (Å²) in [6.07, 6.45) is 0.142. The molecule has 1 unspecified atom stereocenters. The van der Waals surface area contributed by atoms with Crippen molar-refractivity contribution in [1.82, 2.24) is 4.98 Å². The fourth-order valence-corrected chi connectivity index (χ4v) is 2.72. The molecule has 0 saturated carbocycles. The van der Waals surface area contributed by atoms with Crippen LogP contribution in [0.4, 0.5) is 0 Å². The van der Waals surface area contributed by atoms with E-state index in [2.05, 4.69) is 24.9 Å². The van der Waals surface area contributed by atoms with Crippen molar-refractivity contribution in [3.05, 3.63) is 51.0 Å². The Labute approximate surface area is 106 Å². The molecular formula is C14H17NOS. The lowest BCUT2D eigenvalue weighted by Gasteiger charge is -2.14. The Kier molecular flexibility index (Phi) is 3.60. The van der Waals surface area contributed by atoms with Crippen LogP contribution in [0.15, 0.2) is 23.6 Å². The molecule has 0 amide bonds. The van der Waals surface area contributed by atoms with Crippen molar-refractivity contribution in [1.29, 1.82) is 0 Å². The molecular weight excluding hydrogens is 230 g/mol. The first-order valence-electron chi connectivity index (χ1n) is 5.73. The first-order valence-corrected chi connectivity index (χ1v) is 6.61. The molecule has 1 atom stereocenters. The largest absolute Gasteiger partial charge is 0.388 e. The van der Waals surface area contributed by atoms with E-state index < -0.39 is 6.10 Å². The van der Waals surface area contributed by atoms with Gasteiger partial charge in [-0.2, -0.15) is 0 Å². The minimum Gasteiger partial charge on any atom is -0.388 e. The summed E-state index contributed by atoms with van der Waals surface area (Å²) in [4.78, 5) is 4.39. The Morgan fingerprint density at radius 2 is 2.06 bits per heavy atom. The maximum Gasteiger partial charge on any atom is 0.0957 e. The molecule has 1 aromatic carbocycles. The lowest BCUT2D eigenvalue weighted by Crippen LogP contribution is -2.04. The van der Waals surface area contributed by atoms with Crippen LogP contribution in [0.5, 0.6) is 0 Å². The highest BCUT2D eigenvalue weighted by Gasteiger charge is 2.13. The summed E-state index contributed by atoms with van der Waals surface area (Å²) in [5, 5.41) is 13.3. The number of aliphatic hydroxyl groups excluding tert-OH is 1. The lowest BCUT2D eigenvalue weighted by atomic mass is 9.98. The maximum absolute atomic E-state index is 10.3. The van der Waals surface area contributed by atoms with Gasteiger partial charge in [0.05, 0.1) is 11.1 Å². The number of benzene rings is 1. The van der Waals surface area contributed by atoms with Gasteiger partial charge in [-0.15, -0.1) is 11.3 Å². The van der Waals surface area contributed by atoms with Crippen molar-refractivity contribution in [3.63, 3.8) is 0 Å². The average molecular weight is 247 g/mol. The Hall–Kier alpha value is -1.19. The van der Waals surface area contributed by atoms with Crippen molar-refractivity contribution >= 4 is 11.3 Å². The van der Waals surface area contributed by atoms with Gasteiger partial charge in [-0.3, -0.25) is 0 Å². The smallest absolute Gasteiger partial charge is 0.0957 e. The van der Waals surface area contributed by atoms with E-state index in [0.717, 1.165) is 16.3 Å². The zero-order valence-corrected chi connectivity index (χ0v) is 11.2. The number of rotatable bonds is 3. The van der Waals surface area contributed by atoms with Crippen molar-refractivity contribution in [2.75, 3.05) is 0 Å². The Balaban J connectivity index is 2.20. The molecule has 0 radical (unpaired) electrons. The number of aryl methyl sites for hydroxylation is 2. The molecule has 1 heterocycles. The Bertz CT molecular complexity index is 519. The van der Waals surface area contributed by atoms with Crippen LogP contribution >= 0.6 is 11.3 Å². The molecule has 0 aliphatic heterocycles. The number of hydrogen-bond acceptors (Lipinski definition) is 3. The molecule has 0 spiro atoms. The predicted octanol–water partition coefficient (Wildman–Crippen LogP) is 3.34. The van der Waals surface area contributed by atoms with E-state index >= 15 is 0 Å². The zero-order valence-electron chi connectivity index (χ0n) is 10.4. The molecule has 1 aromatic heterocycles. The van der Waals surface area contributed by atoms with E-state index in [1.807, 2.05) is 24.4 Å². The molecule has 3 heteroatoms. The van der Waals surface area contributed by atoms with E-state index in [4.69, 9.17) is 0 Å². The fraction of sp³-hybridized carbons (Fsp3) is 0.357. The Morgan fingerprint density at radius 1 is 1.29 bits per heavy atom. The van der Waals surface area contributed by atoms with Gasteiger partial charge in [0.25, 0.3) is 0 Å². The normalized spacial score (nSPS) is 12.7. The van der Waals surface area contributed by atoms with Gasteiger partial charge in [-0.1, -0.05) is 18.2 Å². The van der Waals surface area contributed by atoms with Crippen molar-refractivity contribution < 1.29 is 5.11 Å². The van der Waals surface area contributed by atoms with Crippen LogP contribution < -0.4 is 0 Å². The first-order chi connectivity index (χ1) is 8.08. The van der Waals surface area contributed by atoms with E-state index in [-0.39, 0.29) is 0 Å². The van der Waals surface area contributed by atoms with Crippen LogP contribution in [-0.2, 0) is 6.42 Å². The average Bonchev–Trinajstić information content (AvgIpc) is 2.68. The summed E-state index contributed by atoms with van der Waals surface area (Å²) >= 11 is 1.61. The van der Waals surface area contributed by atoms with Gasteiger partial charge in [0.15, 0.2) is 0 Å². The summed E-state index contributed by atoms with van der Waals surface area (Å²) < 4.78 is 0. The van der Waals surface area contributed by atoms with Crippen LogP contribution in [0.3, 0.4) is 0 Å². The number of nitrogens with zero attached hydrogens (tertiary/aromatic N) is 1. The third-order valence-electron chi connectivity index (χ3n) is 3.04. The molecule has 0 saturated heterocycles. The van der Waals surface area contributed by atoms with Gasteiger partial charge in [-0.05, 0) is 37.5 Å². The SMILES string of the molecule is Cc1csc(CC(O)c2cccc(C)c2C)n1. The fourth-order valence-electron chi connectivity index (χ4n) is 1.91. The summed E-state index contributed by atoms with van der Waals surface area (Å²) in [5.74, 6) is 0. The molecule has 2 aromatic rings. The minimum absolute atomic E-state index is 0.458. The highest BCUT2D eigenvalue weighted by molar-refractivity contribution is 7.09. The van der Waals surface area contributed by atoms with Crippen molar-refractivity contribution in [2.45, 2.75) is 33.3 Å². The molecule has 0 bridgehead atoms. The molecule has 0 fully saturated rings. The van der Waals surface area contributed by atoms with Gasteiger partial charge in [-0.25, -0.2) is 4.98 Å². The predicted molar refractivity (Wildman–Crippen MR) is 71.4 cm³/mol. The second kappa shape index (κ2) is 4.98. The Morgan fingerprint density at radius 3 is 2.71 bits per heavy atom. The second-order valence-electron chi connectivity index (χ2n) is 4.39. The van der Waals surface area contributed by atoms with Crippen LogP contribution in [0.25, 0.3) is 0 Å². The van der Waals surface area contributed by atoms with E-state index in [1.165, 1.54) is 11.1 Å². The topological polar surface area (TPSA) is 33.1 Å². The molecule has 2 rings (SSSR count). The van der Waals surface area contributed by atoms with E-state index in [9.17, 15) is 5.11 Å². The monoisotopic (exact) mass is 247 g/mol. The lowest BCUT2D eigenvalue weighted by molar-refractivity contribution is 0.177. The number of aliphatic hydroxyl groups is 1. The van der Waals surface area contributed by atoms with Gasteiger partial charge >= 0.3 is 0 Å². The van der Waals surface area contributed by atoms with E-state index in [1.54, 1.807) is 11.3 Å². The van der Waals surface area contributed by atoms with Gasteiger partial charge in [0.1, 0.15) is 0 Å². The molecule has 1 N–H and O–H groups in total. The maximum atomic E-state index is 10.3. The number of hydrogen-bond donors (Lipinski definition) is 1. The summed E-state index contributed by atoms with van der Waals surface area (Å²) in [5.41, 5.74) is 4.43. The van der Waals surface area contributed by atoms with Crippen LogP contribution in [0, 0.1) is 20.8 Å². The van der Waals surface area contributed by atoms with Gasteiger partial charge in [0, 0.05) is 17.5 Å². The van der Waals surface area contributed by atoms with Gasteiger partial charge < -0.3 is 5.11 Å². The summed E-state index contributed by atoms with van der Waals surface area (Å²) in [6.45, 7) is 6.10. The number of thiazole rings is 1. The standard InChI is InChI=1S/C14H17NOS/c1-9-5-4-6-12(11(9)3)13(16)7-14-15-10(2)8-17-14/h4-6,8,13,16H,7H2,1-3H3. The molecule has 2 nitrogen and oxygen atoms in total. The van der Waals surface area contributed by atoms with E-state index in [0.29, 0.717) is 6.42 Å². The summed E-state index contributed by atoms with van der Waals surface area (Å²) in [6, 6.07) is 6.06. The molecule has 0 aliphatic carbocycles. The van der Waals surface area contributed by atoms with Crippen molar-refractivity contribution in [3.8, 4) is 0 Å². The minimum atomic E-state index is -0.458. The van der Waals surface area contributed by atoms with Crippen molar-refractivity contribution in [2.24, 2.45) is 0 Å². The third kappa shape index (κ3) is 2.73. The van der Waals surface area contributed by atoms with Crippen LogP contribution in [-0.4, -0.2) is 10.1 Å².